The molecule has 2 aromatic rings. The Morgan fingerprint density at radius 3 is 2.72 bits per heavy atom. The van der Waals surface area contributed by atoms with Gasteiger partial charge < -0.3 is 14.8 Å². The summed E-state index contributed by atoms with van der Waals surface area (Å²) in [6.07, 6.45) is -3.56. The monoisotopic (exact) mass is 350 g/mol. The number of halogens is 3. The molecule has 0 aliphatic carbocycles. The molecule has 0 spiro atoms. The lowest BCUT2D eigenvalue weighted by Gasteiger charge is -2.34. The number of nitrogens with one attached hydrogen (secondary N) is 1. The number of fused-ring (bicyclic) bond motifs is 2. The van der Waals surface area contributed by atoms with E-state index >= 15 is 0 Å². The highest BCUT2D eigenvalue weighted by Crippen LogP contribution is 2.45. The lowest BCUT2D eigenvalue weighted by molar-refractivity contribution is -0.173. The van der Waals surface area contributed by atoms with Crippen LogP contribution >= 0.6 is 0 Å². The quantitative estimate of drug-likeness (QED) is 0.855. The molecule has 1 N–H and O–H groups in total. The Balaban J connectivity index is 1.73. The smallest absolute Gasteiger partial charge is 0.410 e. The summed E-state index contributed by atoms with van der Waals surface area (Å²) < 4.78 is 52.2. The van der Waals surface area contributed by atoms with Gasteiger partial charge >= 0.3 is 6.18 Å². The zero-order chi connectivity index (χ0) is 17.6. The first-order valence-corrected chi connectivity index (χ1v) is 7.68. The lowest BCUT2D eigenvalue weighted by atomic mass is 9.96. The fraction of sp³-hybridized carbons (Fsp3) is 0.375. The standard InChI is InChI=1S/C16H13F3N4O2/c17-16(18,19)14-6-11(22-15-10(7-20)8-21-23(14)15)9-1-2-12-13(5-9)25-4-3-24-12/h1-2,5,8,11,14,22H,3-4,6H2/t11-,14+/m0/s1. The van der Waals surface area contributed by atoms with Crippen molar-refractivity contribution in [1.29, 1.82) is 5.26 Å². The number of nitriles is 1. The normalized spacial score (nSPS) is 21.8. The number of aromatic nitrogens is 2. The number of nitrogens with zero attached hydrogens (tertiary/aromatic N) is 3. The molecule has 0 saturated heterocycles. The Labute approximate surface area is 140 Å². The van der Waals surface area contributed by atoms with Crippen LogP contribution in [0.4, 0.5) is 19.0 Å². The minimum atomic E-state index is -4.47. The summed E-state index contributed by atoms with van der Waals surface area (Å²) in [6, 6.07) is 4.51. The summed E-state index contributed by atoms with van der Waals surface area (Å²) in [7, 11) is 0. The maximum absolute atomic E-state index is 13.5. The van der Waals surface area contributed by atoms with Gasteiger partial charge in [0.05, 0.1) is 12.2 Å². The molecule has 4 rings (SSSR count). The molecule has 0 fully saturated rings. The maximum atomic E-state index is 13.5. The number of ether oxygens (including phenoxy) is 2. The third-order valence-electron chi connectivity index (χ3n) is 4.33. The van der Waals surface area contributed by atoms with Gasteiger partial charge in [-0.25, -0.2) is 4.68 Å². The minimum absolute atomic E-state index is 0.0796. The SMILES string of the molecule is N#Cc1cnn2c1N[C@H](c1ccc3c(c1)OCCO3)C[C@@H]2C(F)(F)F. The van der Waals surface area contributed by atoms with Crippen LogP contribution in [0.15, 0.2) is 24.4 Å². The first kappa shape index (κ1) is 15.6. The van der Waals surface area contributed by atoms with Crippen molar-refractivity contribution in [3.8, 4) is 17.6 Å². The van der Waals surface area contributed by atoms with Crippen molar-refractivity contribution in [2.75, 3.05) is 18.5 Å². The first-order chi connectivity index (χ1) is 12.0. The highest BCUT2D eigenvalue weighted by Gasteiger charge is 2.47. The van der Waals surface area contributed by atoms with Gasteiger partial charge in [-0.05, 0) is 17.7 Å². The maximum Gasteiger partial charge on any atom is 0.410 e. The van der Waals surface area contributed by atoms with E-state index in [1.165, 1.54) is 0 Å². The van der Waals surface area contributed by atoms with Crippen molar-refractivity contribution >= 4 is 5.82 Å². The van der Waals surface area contributed by atoms with Gasteiger partial charge in [0.2, 0.25) is 0 Å². The minimum Gasteiger partial charge on any atom is -0.486 e. The van der Waals surface area contributed by atoms with Crippen LogP contribution in [0.1, 0.15) is 29.6 Å². The van der Waals surface area contributed by atoms with E-state index < -0.39 is 18.3 Å². The van der Waals surface area contributed by atoms with Gasteiger partial charge in [-0.1, -0.05) is 6.07 Å². The summed E-state index contributed by atoms with van der Waals surface area (Å²) in [5.74, 6) is 1.16. The molecule has 9 heteroatoms. The summed E-state index contributed by atoms with van der Waals surface area (Å²) in [5, 5.41) is 15.9. The average molecular weight is 350 g/mol. The predicted molar refractivity (Wildman–Crippen MR) is 80.4 cm³/mol. The molecule has 6 nitrogen and oxygen atoms in total. The molecule has 0 unspecified atom stereocenters. The molecule has 25 heavy (non-hydrogen) atoms. The van der Waals surface area contributed by atoms with E-state index in [4.69, 9.17) is 14.7 Å². The van der Waals surface area contributed by atoms with Crippen LogP contribution in [0.2, 0.25) is 0 Å². The zero-order valence-corrected chi connectivity index (χ0v) is 12.9. The molecule has 130 valence electrons. The highest BCUT2D eigenvalue weighted by atomic mass is 19.4. The largest absolute Gasteiger partial charge is 0.486 e. The molecule has 2 aliphatic rings. The molecule has 0 radical (unpaired) electrons. The molecule has 1 aromatic carbocycles. The molecule has 1 aromatic heterocycles. The Bertz CT molecular complexity index is 856. The zero-order valence-electron chi connectivity index (χ0n) is 12.9. The second kappa shape index (κ2) is 5.58. The topological polar surface area (TPSA) is 72.1 Å². The molecule has 0 bridgehead atoms. The van der Waals surface area contributed by atoms with E-state index in [1.807, 2.05) is 6.07 Å². The predicted octanol–water partition coefficient (Wildman–Crippen LogP) is 3.19. The van der Waals surface area contributed by atoms with Crippen LogP contribution in [-0.2, 0) is 0 Å². The first-order valence-electron chi connectivity index (χ1n) is 7.68. The Morgan fingerprint density at radius 1 is 1.24 bits per heavy atom. The van der Waals surface area contributed by atoms with Crippen LogP contribution in [0.5, 0.6) is 11.5 Å². The van der Waals surface area contributed by atoms with Crippen LogP contribution < -0.4 is 14.8 Å². The second-order valence-electron chi connectivity index (χ2n) is 5.86. The third kappa shape index (κ3) is 2.63. The molecule has 0 amide bonds. The van der Waals surface area contributed by atoms with Crippen molar-refractivity contribution in [2.24, 2.45) is 0 Å². The number of benzene rings is 1. The summed E-state index contributed by atoms with van der Waals surface area (Å²) in [6.45, 7) is 0.833. The molecule has 2 atom stereocenters. The summed E-state index contributed by atoms with van der Waals surface area (Å²) >= 11 is 0. The van der Waals surface area contributed by atoms with E-state index in [0.717, 1.165) is 10.9 Å². The number of alkyl halides is 3. The van der Waals surface area contributed by atoms with Gasteiger partial charge in [-0.3, -0.25) is 0 Å². The van der Waals surface area contributed by atoms with Crippen LogP contribution in [0.25, 0.3) is 0 Å². The van der Waals surface area contributed by atoms with Gasteiger partial charge in [-0.15, -0.1) is 0 Å². The lowest BCUT2D eigenvalue weighted by Crippen LogP contribution is -2.35. The van der Waals surface area contributed by atoms with Crippen molar-refractivity contribution < 1.29 is 22.6 Å². The molecular weight excluding hydrogens is 337 g/mol. The third-order valence-corrected chi connectivity index (χ3v) is 4.33. The van der Waals surface area contributed by atoms with E-state index in [-0.39, 0.29) is 17.8 Å². The number of hydrogen-bond donors (Lipinski definition) is 1. The Hall–Kier alpha value is -2.89. The van der Waals surface area contributed by atoms with E-state index in [2.05, 4.69) is 10.4 Å². The molecule has 3 heterocycles. The van der Waals surface area contributed by atoms with Crippen molar-refractivity contribution in [3.63, 3.8) is 0 Å². The Morgan fingerprint density at radius 2 is 2.00 bits per heavy atom. The van der Waals surface area contributed by atoms with Crippen molar-refractivity contribution in [1.82, 2.24) is 9.78 Å². The van der Waals surface area contributed by atoms with Crippen molar-refractivity contribution in [3.05, 3.63) is 35.5 Å². The fourth-order valence-electron chi connectivity index (χ4n) is 3.14. The summed E-state index contributed by atoms with van der Waals surface area (Å²) in [4.78, 5) is 0. The van der Waals surface area contributed by atoms with Crippen molar-refractivity contribution in [2.45, 2.75) is 24.7 Å². The fourth-order valence-corrected chi connectivity index (χ4v) is 3.14. The van der Waals surface area contributed by atoms with Crippen LogP contribution in [-0.4, -0.2) is 29.2 Å². The van der Waals surface area contributed by atoms with E-state index in [1.54, 1.807) is 18.2 Å². The van der Waals surface area contributed by atoms with Gasteiger partial charge in [-0.2, -0.15) is 23.5 Å². The van der Waals surface area contributed by atoms with Gasteiger partial charge in [0, 0.05) is 6.42 Å². The number of anilines is 1. The highest BCUT2D eigenvalue weighted by molar-refractivity contribution is 5.55. The van der Waals surface area contributed by atoms with Gasteiger partial charge in [0.25, 0.3) is 0 Å². The number of hydrogen-bond acceptors (Lipinski definition) is 5. The van der Waals surface area contributed by atoms with Crippen LogP contribution in [0, 0.1) is 11.3 Å². The molecular formula is C16H13F3N4O2. The average Bonchev–Trinajstić information content (AvgIpc) is 3.02. The van der Waals surface area contributed by atoms with E-state index in [0.29, 0.717) is 30.3 Å². The van der Waals surface area contributed by atoms with Crippen LogP contribution in [0.3, 0.4) is 0 Å². The van der Waals surface area contributed by atoms with Gasteiger partial charge in [0.15, 0.2) is 17.5 Å². The summed E-state index contributed by atoms with van der Waals surface area (Å²) in [5.41, 5.74) is 0.714. The van der Waals surface area contributed by atoms with E-state index in [9.17, 15) is 13.2 Å². The number of rotatable bonds is 1. The Kier molecular flexibility index (Phi) is 3.49. The van der Waals surface area contributed by atoms with Gasteiger partial charge in [0.1, 0.15) is 30.7 Å². The second-order valence-corrected chi connectivity index (χ2v) is 5.86. The molecule has 2 aliphatic heterocycles. The molecule has 0 saturated carbocycles.